The molecule has 5 nitrogen and oxygen atoms in total. The fraction of sp³-hybridized carbons (Fsp3) is 1.00. The van der Waals surface area contributed by atoms with Gasteiger partial charge in [0, 0.05) is 32.3 Å². The zero-order chi connectivity index (χ0) is 15.3. The highest BCUT2D eigenvalue weighted by molar-refractivity contribution is 4.79. The normalized spacial score (nSPS) is 20.3. The second-order valence-corrected chi connectivity index (χ2v) is 5.97. The Bertz CT molecular complexity index is 240. The molecule has 1 saturated heterocycles. The van der Waals surface area contributed by atoms with E-state index >= 15 is 0 Å². The monoisotopic (exact) mass is 302 g/mol. The van der Waals surface area contributed by atoms with Crippen LogP contribution in [0.1, 0.15) is 33.1 Å². The van der Waals surface area contributed by atoms with Crippen LogP contribution in [0.4, 0.5) is 0 Å². The summed E-state index contributed by atoms with van der Waals surface area (Å²) in [7, 11) is 1.68. The van der Waals surface area contributed by atoms with Crippen LogP contribution in [0.5, 0.6) is 0 Å². The Morgan fingerprint density at radius 1 is 1.05 bits per heavy atom. The first-order chi connectivity index (χ1) is 10.2. The minimum atomic E-state index is 0.564. The highest BCUT2D eigenvalue weighted by Crippen LogP contribution is 2.16. The van der Waals surface area contributed by atoms with Gasteiger partial charge in [0.2, 0.25) is 0 Å². The van der Waals surface area contributed by atoms with E-state index in [1.165, 1.54) is 25.8 Å². The van der Waals surface area contributed by atoms with Crippen molar-refractivity contribution in [1.82, 2.24) is 10.2 Å². The van der Waals surface area contributed by atoms with Gasteiger partial charge in [-0.05, 0) is 19.4 Å². The molecular weight excluding hydrogens is 268 g/mol. The van der Waals surface area contributed by atoms with Crippen molar-refractivity contribution in [3.63, 3.8) is 0 Å². The molecule has 5 heteroatoms. The lowest BCUT2D eigenvalue weighted by Gasteiger charge is -2.36. The number of rotatable bonds is 12. The quantitative estimate of drug-likeness (QED) is 0.554. The van der Waals surface area contributed by atoms with Crippen molar-refractivity contribution < 1.29 is 14.2 Å². The van der Waals surface area contributed by atoms with Gasteiger partial charge in [0.1, 0.15) is 0 Å². The second-order valence-electron chi connectivity index (χ2n) is 5.97. The molecule has 0 aromatic carbocycles. The van der Waals surface area contributed by atoms with Gasteiger partial charge in [0.15, 0.2) is 0 Å². The van der Waals surface area contributed by atoms with Gasteiger partial charge in [-0.2, -0.15) is 0 Å². The summed E-state index contributed by atoms with van der Waals surface area (Å²) >= 11 is 0. The van der Waals surface area contributed by atoms with Crippen molar-refractivity contribution in [1.29, 1.82) is 0 Å². The molecule has 0 spiro atoms. The van der Waals surface area contributed by atoms with Gasteiger partial charge < -0.3 is 19.5 Å². The molecule has 0 saturated carbocycles. The van der Waals surface area contributed by atoms with E-state index in [1.54, 1.807) is 7.11 Å². The number of ether oxygens (including phenoxy) is 3. The van der Waals surface area contributed by atoms with Crippen LogP contribution in [0.15, 0.2) is 0 Å². The number of piperidine rings is 1. The third-order valence-electron chi connectivity index (χ3n) is 3.84. The van der Waals surface area contributed by atoms with Gasteiger partial charge in [0.25, 0.3) is 0 Å². The summed E-state index contributed by atoms with van der Waals surface area (Å²) in [4.78, 5) is 2.57. The van der Waals surface area contributed by atoms with Crippen molar-refractivity contribution in [2.75, 3.05) is 59.8 Å². The molecule has 21 heavy (non-hydrogen) atoms. The third kappa shape index (κ3) is 9.42. The summed E-state index contributed by atoms with van der Waals surface area (Å²) in [5, 5.41) is 3.56. The predicted octanol–water partition coefficient (Wildman–Crippen LogP) is 1.52. The molecule has 0 amide bonds. The van der Waals surface area contributed by atoms with Crippen molar-refractivity contribution in [2.24, 2.45) is 0 Å². The number of nitrogens with zero attached hydrogens (tertiary/aromatic N) is 1. The van der Waals surface area contributed by atoms with Crippen LogP contribution in [-0.4, -0.2) is 76.8 Å². The zero-order valence-electron chi connectivity index (χ0n) is 14.1. The SMILES string of the molecule is COCCOCCOCCN1CCCCC1CNC(C)C. The average molecular weight is 302 g/mol. The van der Waals surface area contributed by atoms with Crippen LogP contribution in [0.25, 0.3) is 0 Å². The molecule has 0 radical (unpaired) electrons. The fourth-order valence-electron chi connectivity index (χ4n) is 2.60. The molecule has 1 N–H and O–H groups in total. The van der Waals surface area contributed by atoms with E-state index in [9.17, 15) is 0 Å². The van der Waals surface area contributed by atoms with E-state index in [2.05, 4.69) is 24.1 Å². The van der Waals surface area contributed by atoms with Crippen molar-refractivity contribution in [2.45, 2.75) is 45.2 Å². The number of hydrogen-bond donors (Lipinski definition) is 1. The van der Waals surface area contributed by atoms with Gasteiger partial charge >= 0.3 is 0 Å². The van der Waals surface area contributed by atoms with Gasteiger partial charge in [-0.3, -0.25) is 4.90 Å². The minimum Gasteiger partial charge on any atom is -0.382 e. The molecule has 1 unspecified atom stereocenters. The van der Waals surface area contributed by atoms with Crippen LogP contribution in [0.2, 0.25) is 0 Å². The van der Waals surface area contributed by atoms with Crippen LogP contribution in [0.3, 0.4) is 0 Å². The van der Waals surface area contributed by atoms with Crippen LogP contribution < -0.4 is 5.32 Å². The molecule has 1 rings (SSSR count). The maximum atomic E-state index is 5.66. The molecule has 1 atom stereocenters. The lowest BCUT2D eigenvalue weighted by atomic mass is 10.0. The fourth-order valence-corrected chi connectivity index (χ4v) is 2.60. The van der Waals surface area contributed by atoms with Gasteiger partial charge in [-0.1, -0.05) is 20.3 Å². The molecule has 0 aromatic heterocycles. The highest BCUT2D eigenvalue weighted by Gasteiger charge is 2.21. The molecule has 126 valence electrons. The van der Waals surface area contributed by atoms with Crippen molar-refractivity contribution in [3.8, 4) is 0 Å². The largest absolute Gasteiger partial charge is 0.382 e. The lowest BCUT2D eigenvalue weighted by Crippen LogP contribution is -2.47. The Hall–Kier alpha value is -0.200. The summed E-state index contributed by atoms with van der Waals surface area (Å²) in [6.07, 6.45) is 3.98. The third-order valence-corrected chi connectivity index (χ3v) is 3.84. The van der Waals surface area contributed by atoms with Gasteiger partial charge in [-0.25, -0.2) is 0 Å². The molecule has 1 fully saturated rings. The summed E-state index contributed by atoms with van der Waals surface area (Å²) in [5.41, 5.74) is 0. The van der Waals surface area contributed by atoms with E-state index in [1.807, 2.05) is 0 Å². The molecule has 1 aliphatic rings. The first-order valence-electron chi connectivity index (χ1n) is 8.36. The highest BCUT2D eigenvalue weighted by atomic mass is 16.5. The molecule has 0 aromatic rings. The van der Waals surface area contributed by atoms with Crippen LogP contribution in [0, 0.1) is 0 Å². The first kappa shape index (κ1) is 18.8. The molecule has 1 aliphatic heterocycles. The summed E-state index contributed by atoms with van der Waals surface area (Å²) in [5.74, 6) is 0. The maximum Gasteiger partial charge on any atom is 0.0701 e. The van der Waals surface area contributed by atoms with E-state index in [0.29, 0.717) is 38.5 Å². The summed E-state index contributed by atoms with van der Waals surface area (Å²) in [6, 6.07) is 1.23. The molecule has 1 heterocycles. The zero-order valence-corrected chi connectivity index (χ0v) is 14.1. The summed E-state index contributed by atoms with van der Waals surface area (Å²) < 4.78 is 16.0. The molecule has 0 aliphatic carbocycles. The Kier molecular flexibility index (Phi) is 11.1. The second kappa shape index (κ2) is 12.4. The summed E-state index contributed by atoms with van der Waals surface area (Å²) in [6.45, 7) is 11.2. The van der Waals surface area contributed by atoms with Crippen molar-refractivity contribution >= 4 is 0 Å². The number of likely N-dealkylation sites (tertiary alicyclic amines) is 1. The van der Waals surface area contributed by atoms with Crippen molar-refractivity contribution in [3.05, 3.63) is 0 Å². The smallest absolute Gasteiger partial charge is 0.0701 e. The predicted molar refractivity (Wildman–Crippen MR) is 85.9 cm³/mol. The van der Waals surface area contributed by atoms with Gasteiger partial charge in [0.05, 0.1) is 33.0 Å². The number of nitrogens with one attached hydrogen (secondary N) is 1. The Morgan fingerprint density at radius 2 is 1.76 bits per heavy atom. The maximum absolute atomic E-state index is 5.66. The Balaban J connectivity index is 2.05. The van der Waals surface area contributed by atoms with E-state index in [-0.39, 0.29) is 0 Å². The van der Waals surface area contributed by atoms with Crippen LogP contribution in [-0.2, 0) is 14.2 Å². The lowest BCUT2D eigenvalue weighted by molar-refractivity contribution is 0.0137. The molecular formula is C16H34N2O3. The Morgan fingerprint density at radius 3 is 2.48 bits per heavy atom. The number of methoxy groups -OCH3 is 1. The minimum absolute atomic E-state index is 0.564. The Labute approximate surface area is 130 Å². The topological polar surface area (TPSA) is 43.0 Å². The standard InChI is InChI=1S/C16H34N2O3/c1-15(2)17-14-16-6-4-5-7-18(16)8-9-20-12-13-21-11-10-19-3/h15-17H,4-14H2,1-3H3. The average Bonchev–Trinajstić information content (AvgIpc) is 2.48. The van der Waals surface area contributed by atoms with Gasteiger partial charge in [-0.15, -0.1) is 0 Å². The number of hydrogen-bond acceptors (Lipinski definition) is 5. The van der Waals surface area contributed by atoms with E-state index < -0.39 is 0 Å². The van der Waals surface area contributed by atoms with E-state index in [4.69, 9.17) is 14.2 Å². The van der Waals surface area contributed by atoms with E-state index in [0.717, 1.165) is 19.7 Å². The first-order valence-corrected chi connectivity index (χ1v) is 8.36. The van der Waals surface area contributed by atoms with Crippen LogP contribution >= 0.6 is 0 Å². The molecule has 0 bridgehead atoms.